The number of anilines is 2. The molecule has 2 heterocycles. The first kappa shape index (κ1) is 10.8. The quantitative estimate of drug-likeness (QED) is 0.630. The number of carbonyl (C=O) groups is 1. The van der Waals surface area contributed by atoms with Crippen molar-refractivity contribution in [1.29, 1.82) is 0 Å². The van der Waals surface area contributed by atoms with Crippen LogP contribution in [0, 0.1) is 0 Å². The molecule has 0 aromatic heterocycles. The second kappa shape index (κ2) is 3.87. The number of hydrogen-bond acceptors (Lipinski definition) is 3. The standard InChI is InChI=1S/C13H14N4O/c1-2-6-16-11-4-3-9(14)8-10(11)12-15-5-7-17(12)13(16)18/h2-4,8H,1,5-7,14H2. The maximum atomic E-state index is 12.3. The van der Waals surface area contributed by atoms with E-state index in [0.29, 0.717) is 25.3 Å². The molecule has 2 N–H and O–H groups in total. The molecule has 1 aromatic carbocycles. The van der Waals surface area contributed by atoms with Gasteiger partial charge in [-0.2, -0.15) is 0 Å². The van der Waals surface area contributed by atoms with Gasteiger partial charge >= 0.3 is 6.03 Å². The van der Waals surface area contributed by atoms with Crippen molar-refractivity contribution in [3.63, 3.8) is 0 Å². The van der Waals surface area contributed by atoms with Crippen molar-refractivity contribution in [2.75, 3.05) is 30.3 Å². The van der Waals surface area contributed by atoms with Gasteiger partial charge < -0.3 is 5.73 Å². The summed E-state index contributed by atoms with van der Waals surface area (Å²) in [6.45, 7) is 5.47. The van der Waals surface area contributed by atoms with Crippen LogP contribution < -0.4 is 10.6 Å². The summed E-state index contributed by atoms with van der Waals surface area (Å²) in [4.78, 5) is 20.1. The Morgan fingerprint density at radius 1 is 1.50 bits per heavy atom. The lowest BCUT2D eigenvalue weighted by Gasteiger charge is -2.34. The number of nitrogens with two attached hydrogens (primary N) is 1. The van der Waals surface area contributed by atoms with E-state index < -0.39 is 0 Å². The summed E-state index contributed by atoms with van der Waals surface area (Å²) in [6, 6.07) is 5.50. The van der Waals surface area contributed by atoms with E-state index in [0.717, 1.165) is 17.1 Å². The summed E-state index contributed by atoms with van der Waals surface area (Å²) < 4.78 is 0. The van der Waals surface area contributed by atoms with Crippen molar-refractivity contribution in [2.45, 2.75) is 0 Å². The third-order valence-corrected chi connectivity index (χ3v) is 3.17. The molecule has 0 radical (unpaired) electrons. The Labute approximate surface area is 105 Å². The van der Waals surface area contributed by atoms with Gasteiger partial charge in [-0.05, 0) is 18.2 Å². The maximum Gasteiger partial charge on any atom is 0.330 e. The molecular weight excluding hydrogens is 228 g/mol. The van der Waals surface area contributed by atoms with Gasteiger partial charge in [-0.25, -0.2) is 4.79 Å². The minimum Gasteiger partial charge on any atom is -0.399 e. The highest BCUT2D eigenvalue weighted by Crippen LogP contribution is 2.32. The highest BCUT2D eigenvalue weighted by Gasteiger charge is 2.36. The number of nitrogen functional groups attached to an aromatic ring is 1. The highest BCUT2D eigenvalue weighted by atomic mass is 16.2. The van der Waals surface area contributed by atoms with Crippen molar-refractivity contribution in [3.05, 3.63) is 36.4 Å². The van der Waals surface area contributed by atoms with E-state index in [1.807, 2.05) is 12.1 Å². The van der Waals surface area contributed by atoms with Gasteiger partial charge in [-0.3, -0.25) is 14.8 Å². The Morgan fingerprint density at radius 2 is 2.33 bits per heavy atom. The molecule has 92 valence electrons. The predicted molar refractivity (Wildman–Crippen MR) is 71.9 cm³/mol. The number of nitrogens with zero attached hydrogens (tertiary/aromatic N) is 3. The largest absolute Gasteiger partial charge is 0.399 e. The number of amidine groups is 1. The lowest BCUT2D eigenvalue weighted by molar-refractivity contribution is 0.229. The normalized spacial score (nSPS) is 17.3. The van der Waals surface area contributed by atoms with Gasteiger partial charge in [0.05, 0.1) is 12.2 Å². The molecule has 0 saturated carbocycles. The monoisotopic (exact) mass is 242 g/mol. The Bertz CT molecular complexity index is 564. The number of benzene rings is 1. The average molecular weight is 242 g/mol. The number of aliphatic imine (C=N–C) groups is 1. The van der Waals surface area contributed by atoms with Crippen LogP contribution in [0.2, 0.25) is 0 Å². The summed E-state index contributed by atoms with van der Waals surface area (Å²) in [5, 5.41) is 0. The molecule has 2 amide bonds. The van der Waals surface area contributed by atoms with Gasteiger partial charge in [0, 0.05) is 24.3 Å². The smallest absolute Gasteiger partial charge is 0.330 e. The number of carbonyl (C=O) groups excluding carboxylic acids is 1. The molecule has 1 aromatic rings. The van der Waals surface area contributed by atoms with Crippen LogP contribution in [-0.2, 0) is 0 Å². The van der Waals surface area contributed by atoms with Crippen molar-refractivity contribution in [1.82, 2.24) is 4.90 Å². The second-order valence-electron chi connectivity index (χ2n) is 4.32. The van der Waals surface area contributed by atoms with Crippen LogP contribution in [0.3, 0.4) is 0 Å². The van der Waals surface area contributed by atoms with Crippen LogP contribution in [0.1, 0.15) is 5.56 Å². The maximum absolute atomic E-state index is 12.3. The third kappa shape index (κ3) is 1.40. The number of rotatable bonds is 2. The summed E-state index contributed by atoms with van der Waals surface area (Å²) >= 11 is 0. The fourth-order valence-corrected chi connectivity index (χ4v) is 2.39. The van der Waals surface area contributed by atoms with E-state index in [9.17, 15) is 4.79 Å². The zero-order valence-electron chi connectivity index (χ0n) is 9.97. The van der Waals surface area contributed by atoms with Gasteiger partial charge in [0.1, 0.15) is 5.84 Å². The fourth-order valence-electron chi connectivity index (χ4n) is 2.39. The first-order valence-electron chi connectivity index (χ1n) is 5.86. The van der Waals surface area contributed by atoms with Gasteiger partial charge in [0.25, 0.3) is 0 Å². The molecule has 0 unspecified atom stereocenters. The van der Waals surface area contributed by atoms with Crippen LogP contribution in [0.4, 0.5) is 16.2 Å². The molecular formula is C13H14N4O. The Balaban J connectivity index is 2.18. The van der Waals surface area contributed by atoms with E-state index >= 15 is 0 Å². The summed E-state index contributed by atoms with van der Waals surface area (Å²) in [5.74, 6) is 0.739. The Hall–Kier alpha value is -2.30. The SMILES string of the molecule is C=CCN1C(=O)N2CCN=C2c2cc(N)ccc21. The van der Waals surface area contributed by atoms with Crippen LogP contribution in [0.5, 0.6) is 0 Å². The minimum atomic E-state index is -0.0385. The molecule has 2 aliphatic heterocycles. The topological polar surface area (TPSA) is 61.9 Å². The lowest BCUT2D eigenvalue weighted by Crippen LogP contribution is -2.49. The molecule has 5 nitrogen and oxygen atoms in total. The van der Waals surface area contributed by atoms with Gasteiger partial charge in [0.15, 0.2) is 0 Å². The molecule has 0 atom stereocenters. The van der Waals surface area contributed by atoms with E-state index in [1.165, 1.54) is 0 Å². The number of hydrogen-bond donors (Lipinski definition) is 1. The summed E-state index contributed by atoms with van der Waals surface area (Å²) in [5.41, 5.74) is 8.28. The molecule has 2 aliphatic rings. The van der Waals surface area contributed by atoms with Crippen molar-refractivity contribution >= 4 is 23.2 Å². The number of amides is 2. The van der Waals surface area contributed by atoms with Crippen LogP contribution in [-0.4, -0.2) is 36.4 Å². The van der Waals surface area contributed by atoms with E-state index in [2.05, 4.69) is 11.6 Å². The van der Waals surface area contributed by atoms with Crippen LogP contribution >= 0.6 is 0 Å². The lowest BCUT2D eigenvalue weighted by atomic mass is 10.1. The molecule has 0 aliphatic carbocycles. The zero-order valence-corrected chi connectivity index (χ0v) is 9.97. The van der Waals surface area contributed by atoms with Crippen molar-refractivity contribution in [2.24, 2.45) is 4.99 Å². The highest BCUT2D eigenvalue weighted by molar-refractivity contribution is 6.20. The van der Waals surface area contributed by atoms with Gasteiger partial charge in [-0.15, -0.1) is 6.58 Å². The Morgan fingerprint density at radius 3 is 3.11 bits per heavy atom. The molecule has 0 spiro atoms. The minimum absolute atomic E-state index is 0.0385. The zero-order chi connectivity index (χ0) is 12.7. The van der Waals surface area contributed by atoms with Gasteiger partial charge in [-0.1, -0.05) is 6.08 Å². The average Bonchev–Trinajstić information content (AvgIpc) is 2.84. The van der Waals surface area contributed by atoms with E-state index in [4.69, 9.17) is 5.73 Å². The van der Waals surface area contributed by atoms with Crippen LogP contribution in [0.15, 0.2) is 35.8 Å². The first-order valence-corrected chi connectivity index (χ1v) is 5.86. The molecule has 5 heteroatoms. The summed E-state index contributed by atoms with van der Waals surface area (Å²) in [7, 11) is 0. The third-order valence-electron chi connectivity index (χ3n) is 3.17. The molecule has 18 heavy (non-hydrogen) atoms. The van der Waals surface area contributed by atoms with E-state index in [1.54, 1.807) is 21.9 Å². The molecule has 0 saturated heterocycles. The fraction of sp³-hybridized carbons (Fsp3) is 0.231. The summed E-state index contributed by atoms with van der Waals surface area (Å²) in [6.07, 6.45) is 1.72. The predicted octanol–water partition coefficient (Wildman–Crippen LogP) is 1.46. The number of fused-ring (bicyclic) bond motifs is 3. The number of urea groups is 1. The Kier molecular flexibility index (Phi) is 2.33. The van der Waals surface area contributed by atoms with E-state index in [-0.39, 0.29) is 6.03 Å². The van der Waals surface area contributed by atoms with Crippen molar-refractivity contribution in [3.8, 4) is 0 Å². The second-order valence-corrected chi connectivity index (χ2v) is 4.32. The molecule has 0 fully saturated rings. The van der Waals surface area contributed by atoms with Crippen LogP contribution in [0.25, 0.3) is 0 Å². The van der Waals surface area contributed by atoms with Crippen molar-refractivity contribution < 1.29 is 4.79 Å². The first-order chi connectivity index (χ1) is 8.72. The molecule has 0 bridgehead atoms. The molecule has 3 rings (SSSR count). The van der Waals surface area contributed by atoms with Gasteiger partial charge in [0.2, 0.25) is 0 Å².